The summed E-state index contributed by atoms with van der Waals surface area (Å²) in [5, 5.41) is 9.05. The number of benzene rings is 1. The number of nitrogens with zero attached hydrogens (tertiary/aromatic N) is 2. The summed E-state index contributed by atoms with van der Waals surface area (Å²) in [5.41, 5.74) is 2.14. The molecule has 0 radical (unpaired) electrons. The van der Waals surface area contributed by atoms with Gasteiger partial charge in [0.15, 0.2) is 0 Å². The van der Waals surface area contributed by atoms with Crippen molar-refractivity contribution < 1.29 is 14.3 Å². The van der Waals surface area contributed by atoms with E-state index >= 15 is 0 Å². The van der Waals surface area contributed by atoms with Crippen molar-refractivity contribution in [2.45, 2.75) is 20.4 Å². The lowest BCUT2D eigenvalue weighted by Crippen LogP contribution is -2.01. The van der Waals surface area contributed by atoms with Crippen molar-refractivity contribution in [1.29, 1.82) is 0 Å². The van der Waals surface area contributed by atoms with Crippen molar-refractivity contribution in [3.05, 3.63) is 53.2 Å². The topological polar surface area (TPSA) is 68.3 Å². The van der Waals surface area contributed by atoms with Crippen LogP contribution in [0.2, 0.25) is 0 Å². The molecule has 1 aromatic carbocycles. The monoisotopic (exact) mass is 270 g/mol. The van der Waals surface area contributed by atoms with Crippen LogP contribution in [0.15, 0.2) is 34.7 Å². The number of carboxylic acids is 1. The van der Waals surface area contributed by atoms with Crippen molar-refractivity contribution in [3.63, 3.8) is 0 Å². The van der Waals surface area contributed by atoms with Crippen LogP contribution in [0, 0.1) is 13.8 Å². The number of carbonyl (C=O) groups is 1. The predicted octanol–water partition coefficient (Wildman–Crippen LogP) is 2.99. The Balaban J connectivity index is 2.03. The van der Waals surface area contributed by atoms with E-state index < -0.39 is 5.97 Å². The number of imidazole rings is 1. The summed E-state index contributed by atoms with van der Waals surface area (Å²) in [6, 6.07) is 9.42. The van der Waals surface area contributed by atoms with E-state index in [1.54, 1.807) is 13.0 Å². The minimum atomic E-state index is -0.968. The van der Waals surface area contributed by atoms with Crippen LogP contribution in [0.25, 0.3) is 11.0 Å². The lowest BCUT2D eigenvalue weighted by atomic mass is 10.2. The van der Waals surface area contributed by atoms with Crippen LogP contribution in [0.5, 0.6) is 0 Å². The molecule has 2 aromatic heterocycles. The Hall–Kier alpha value is -2.56. The van der Waals surface area contributed by atoms with E-state index in [1.807, 2.05) is 35.8 Å². The number of rotatable bonds is 3. The smallest absolute Gasteiger partial charge is 0.339 e. The first kappa shape index (κ1) is 12.5. The van der Waals surface area contributed by atoms with Gasteiger partial charge in [-0.2, -0.15) is 0 Å². The summed E-state index contributed by atoms with van der Waals surface area (Å²) in [7, 11) is 0. The fraction of sp³-hybridized carbons (Fsp3) is 0.200. The molecule has 0 amide bonds. The summed E-state index contributed by atoms with van der Waals surface area (Å²) < 4.78 is 7.54. The van der Waals surface area contributed by atoms with Crippen LogP contribution in [0.1, 0.15) is 27.7 Å². The van der Waals surface area contributed by atoms with Gasteiger partial charge in [0, 0.05) is 0 Å². The molecule has 0 saturated heterocycles. The molecule has 3 aromatic rings. The van der Waals surface area contributed by atoms with Crippen LogP contribution in [-0.4, -0.2) is 20.6 Å². The second-order valence-corrected chi connectivity index (χ2v) is 4.72. The van der Waals surface area contributed by atoms with Crippen molar-refractivity contribution in [2.24, 2.45) is 0 Å². The van der Waals surface area contributed by atoms with Gasteiger partial charge in [-0.1, -0.05) is 12.1 Å². The molecule has 0 aliphatic carbocycles. The van der Waals surface area contributed by atoms with Crippen molar-refractivity contribution in [2.75, 3.05) is 0 Å². The third kappa shape index (κ3) is 1.97. The van der Waals surface area contributed by atoms with Gasteiger partial charge in [0.05, 0.1) is 17.6 Å². The number of aryl methyl sites for hydroxylation is 2. The number of aromatic carboxylic acids is 1. The molecule has 0 spiro atoms. The highest BCUT2D eigenvalue weighted by Gasteiger charge is 2.15. The Morgan fingerprint density at radius 3 is 2.80 bits per heavy atom. The van der Waals surface area contributed by atoms with Gasteiger partial charge in [0.25, 0.3) is 0 Å². The van der Waals surface area contributed by atoms with Crippen molar-refractivity contribution in [1.82, 2.24) is 9.55 Å². The number of furan rings is 1. The summed E-state index contributed by atoms with van der Waals surface area (Å²) >= 11 is 0. The highest BCUT2D eigenvalue weighted by molar-refractivity contribution is 5.88. The van der Waals surface area contributed by atoms with Crippen molar-refractivity contribution in [3.8, 4) is 0 Å². The fourth-order valence-electron chi connectivity index (χ4n) is 2.39. The first-order valence-corrected chi connectivity index (χ1v) is 6.30. The van der Waals surface area contributed by atoms with Crippen LogP contribution in [0.4, 0.5) is 0 Å². The van der Waals surface area contributed by atoms with E-state index in [-0.39, 0.29) is 5.56 Å². The number of fused-ring (bicyclic) bond motifs is 1. The molecule has 20 heavy (non-hydrogen) atoms. The van der Waals surface area contributed by atoms with Gasteiger partial charge in [-0.3, -0.25) is 0 Å². The normalized spacial score (nSPS) is 11.1. The first-order chi connectivity index (χ1) is 9.56. The molecule has 0 saturated carbocycles. The molecular weight excluding hydrogens is 256 g/mol. The zero-order valence-electron chi connectivity index (χ0n) is 11.3. The fourth-order valence-corrected chi connectivity index (χ4v) is 2.39. The Kier molecular flexibility index (Phi) is 2.82. The van der Waals surface area contributed by atoms with Crippen LogP contribution >= 0.6 is 0 Å². The Morgan fingerprint density at radius 1 is 1.35 bits per heavy atom. The second-order valence-electron chi connectivity index (χ2n) is 4.72. The summed E-state index contributed by atoms with van der Waals surface area (Å²) in [5.74, 6) is 0.947. The minimum Gasteiger partial charge on any atom is -0.478 e. The quantitative estimate of drug-likeness (QED) is 0.794. The van der Waals surface area contributed by atoms with E-state index in [1.165, 1.54) is 0 Å². The Labute approximate surface area is 115 Å². The van der Waals surface area contributed by atoms with Gasteiger partial charge in [-0.25, -0.2) is 9.78 Å². The molecule has 3 rings (SSSR count). The van der Waals surface area contributed by atoms with Gasteiger partial charge < -0.3 is 14.1 Å². The SMILES string of the molecule is Cc1oc(Cn2c(C)nc3ccccc32)cc1C(=O)O. The number of para-hydroxylation sites is 2. The number of hydrogen-bond donors (Lipinski definition) is 1. The molecule has 0 bridgehead atoms. The number of carboxylic acid groups (broad SMARTS) is 1. The first-order valence-electron chi connectivity index (χ1n) is 6.30. The van der Waals surface area contributed by atoms with Gasteiger partial charge in [-0.05, 0) is 32.0 Å². The van der Waals surface area contributed by atoms with Gasteiger partial charge >= 0.3 is 5.97 Å². The molecule has 1 N–H and O–H groups in total. The van der Waals surface area contributed by atoms with E-state index in [2.05, 4.69) is 4.98 Å². The van der Waals surface area contributed by atoms with E-state index in [9.17, 15) is 4.79 Å². The maximum absolute atomic E-state index is 11.0. The van der Waals surface area contributed by atoms with Crippen LogP contribution in [0.3, 0.4) is 0 Å². The summed E-state index contributed by atoms with van der Waals surface area (Å²) in [4.78, 5) is 15.5. The molecule has 0 fully saturated rings. The Morgan fingerprint density at radius 2 is 2.10 bits per heavy atom. The second kappa shape index (κ2) is 4.52. The average Bonchev–Trinajstić information content (AvgIpc) is 2.92. The van der Waals surface area contributed by atoms with Crippen LogP contribution in [-0.2, 0) is 6.54 Å². The van der Waals surface area contributed by atoms with Gasteiger partial charge in [0.1, 0.15) is 22.9 Å². The molecule has 5 heteroatoms. The van der Waals surface area contributed by atoms with Gasteiger partial charge in [0.2, 0.25) is 0 Å². The standard InChI is InChI=1S/C15H14N2O3/c1-9-12(15(18)19)7-11(20-9)8-17-10(2)16-13-5-3-4-6-14(13)17/h3-7H,8H2,1-2H3,(H,18,19). The maximum atomic E-state index is 11.0. The third-order valence-electron chi connectivity index (χ3n) is 3.36. The number of hydrogen-bond acceptors (Lipinski definition) is 3. The summed E-state index contributed by atoms with van der Waals surface area (Å²) in [6.45, 7) is 4.06. The molecule has 0 aliphatic rings. The van der Waals surface area contributed by atoms with Gasteiger partial charge in [-0.15, -0.1) is 0 Å². The lowest BCUT2D eigenvalue weighted by Gasteiger charge is -2.03. The molecule has 2 heterocycles. The third-order valence-corrected chi connectivity index (χ3v) is 3.36. The van der Waals surface area contributed by atoms with Crippen LogP contribution < -0.4 is 0 Å². The molecule has 0 aliphatic heterocycles. The van der Waals surface area contributed by atoms with E-state index in [4.69, 9.17) is 9.52 Å². The molecular formula is C15H14N2O3. The molecule has 5 nitrogen and oxygen atoms in total. The molecule has 102 valence electrons. The summed E-state index contributed by atoms with van der Waals surface area (Å²) in [6.07, 6.45) is 0. The Bertz CT molecular complexity index is 799. The maximum Gasteiger partial charge on any atom is 0.339 e. The minimum absolute atomic E-state index is 0.210. The lowest BCUT2D eigenvalue weighted by molar-refractivity contribution is 0.0695. The zero-order valence-corrected chi connectivity index (χ0v) is 11.3. The average molecular weight is 270 g/mol. The highest BCUT2D eigenvalue weighted by Crippen LogP contribution is 2.20. The highest BCUT2D eigenvalue weighted by atomic mass is 16.4. The largest absolute Gasteiger partial charge is 0.478 e. The molecule has 0 unspecified atom stereocenters. The molecule has 0 atom stereocenters. The predicted molar refractivity (Wildman–Crippen MR) is 74.0 cm³/mol. The zero-order chi connectivity index (χ0) is 14.3. The van der Waals surface area contributed by atoms with Crippen molar-refractivity contribution >= 4 is 17.0 Å². The number of aromatic nitrogens is 2. The van der Waals surface area contributed by atoms with E-state index in [0.29, 0.717) is 18.1 Å². The van der Waals surface area contributed by atoms with E-state index in [0.717, 1.165) is 16.9 Å².